The minimum Gasteiger partial charge on any atom is -0.393 e. The number of hydrogen-bond donors (Lipinski definition) is 6. The van der Waals surface area contributed by atoms with Gasteiger partial charge >= 0.3 is 0 Å². The van der Waals surface area contributed by atoms with Gasteiger partial charge in [-0.25, -0.2) is 0 Å². The Bertz CT molecular complexity index is 1010. The first-order chi connectivity index (χ1) is 15.2. The quantitative estimate of drug-likeness (QED) is 0.358. The first-order valence-corrected chi connectivity index (χ1v) is 10.7. The second kappa shape index (κ2) is 7.35. The normalized spacial score (nSPS) is 42.7. The van der Waals surface area contributed by atoms with Crippen LogP contribution in [0.2, 0.25) is 0 Å². The lowest BCUT2D eigenvalue weighted by Crippen LogP contribution is -2.90. The van der Waals surface area contributed by atoms with E-state index in [4.69, 9.17) is 0 Å². The SMILES string of the molecule is C=CCC1(c2ccccc2)[C@@](O)(CO)[C@@H](O)[C@@]2(O)C(CC=C)(c3ccccc3)C(O)[C@@]12O. The van der Waals surface area contributed by atoms with Crippen molar-refractivity contribution < 1.29 is 30.6 Å². The highest BCUT2D eigenvalue weighted by molar-refractivity contribution is 5.59. The molecule has 2 fully saturated rings. The molecule has 6 N–H and O–H groups in total. The molecular weight excluding hydrogens is 408 g/mol. The Morgan fingerprint density at radius 1 is 0.719 bits per heavy atom. The van der Waals surface area contributed by atoms with E-state index in [2.05, 4.69) is 13.2 Å². The zero-order valence-corrected chi connectivity index (χ0v) is 17.8. The monoisotopic (exact) mass is 438 g/mol. The Kier molecular flexibility index (Phi) is 5.25. The van der Waals surface area contributed by atoms with Crippen molar-refractivity contribution in [3.05, 3.63) is 97.1 Å². The molecule has 7 atom stereocenters. The summed E-state index contributed by atoms with van der Waals surface area (Å²) in [6.07, 6.45) is -0.806. The summed E-state index contributed by atoms with van der Waals surface area (Å²) < 4.78 is 0. The summed E-state index contributed by atoms with van der Waals surface area (Å²) in [5.41, 5.74) is -9.86. The molecule has 2 aliphatic rings. The first-order valence-electron chi connectivity index (χ1n) is 10.7. The van der Waals surface area contributed by atoms with Crippen LogP contribution >= 0.6 is 0 Å². The number of fused-ring (bicyclic) bond motifs is 1. The van der Waals surface area contributed by atoms with Gasteiger partial charge in [-0.05, 0) is 24.0 Å². The lowest BCUT2D eigenvalue weighted by molar-refractivity contribution is -0.356. The van der Waals surface area contributed by atoms with Crippen LogP contribution in [0.4, 0.5) is 0 Å². The number of aliphatic hydroxyl groups is 6. The van der Waals surface area contributed by atoms with E-state index < -0.39 is 46.4 Å². The van der Waals surface area contributed by atoms with Crippen LogP contribution in [0.5, 0.6) is 0 Å². The van der Waals surface area contributed by atoms with Gasteiger partial charge in [-0.15, -0.1) is 13.2 Å². The topological polar surface area (TPSA) is 121 Å². The maximum atomic E-state index is 12.2. The Balaban J connectivity index is 2.10. The summed E-state index contributed by atoms with van der Waals surface area (Å²) in [6.45, 7) is 6.54. The van der Waals surface area contributed by atoms with E-state index in [9.17, 15) is 30.6 Å². The summed E-state index contributed by atoms with van der Waals surface area (Å²) in [5.74, 6) is 0. The van der Waals surface area contributed by atoms with Crippen molar-refractivity contribution in [2.24, 2.45) is 0 Å². The van der Waals surface area contributed by atoms with Crippen molar-refractivity contribution in [1.82, 2.24) is 0 Å². The molecule has 6 nitrogen and oxygen atoms in total. The maximum Gasteiger partial charge on any atom is 0.138 e. The molecule has 0 aromatic heterocycles. The number of benzene rings is 2. The van der Waals surface area contributed by atoms with Gasteiger partial charge in [-0.3, -0.25) is 0 Å². The van der Waals surface area contributed by atoms with E-state index >= 15 is 0 Å². The van der Waals surface area contributed by atoms with Gasteiger partial charge in [-0.2, -0.15) is 0 Å². The smallest absolute Gasteiger partial charge is 0.138 e. The van der Waals surface area contributed by atoms with Gasteiger partial charge < -0.3 is 30.6 Å². The van der Waals surface area contributed by atoms with Crippen molar-refractivity contribution in [1.29, 1.82) is 0 Å². The van der Waals surface area contributed by atoms with Crippen LogP contribution in [0.25, 0.3) is 0 Å². The van der Waals surface area contributed by atoms with Crippen LogP contribution in [0.15, 0.2) is 86.0 Å². The number of aliphatic hydroxyl groups excluding tert-OH is 3. The van der Waals surface area contributed by atoms with Crippen LogP contribution in [0, 0.1) is 0 Å². The van der Waals surface area contributed by atoms with Gasteiger partial charge in [0.15, 0.2) is 0 Å². The molecule has 170 valence electrons. The molecular formula is C26H30O6. The van der Waals surface area contributed by atoms with Crippen LogP contribution in [-0.4, -0.2) is 66.3 Å². The molecule has 0 aliphatic heterocycles. The fraction of sp³-hybridized carbons (Fsp3) is 0.385. The van der Waals surface area contributed by atoms with Gasteiger partial charge in [0.05, 0.1) is 23.5 Å². The van der Waals surface area contributed by atoms with Gasteiger partial charge in [0, 0.05) is 0 Å². The van der Waals surface area contributed by atoms with E-state index in [-0.39, 0.29) is 12.8 Å². The number of rotatable bonds is 7. The molecule has 0 bridgehead atoms. The largest absolute Gasteiger partial charge is 0.393 e. The van der Waals surface area contributed by atoms with E-state index in [0.717, 1.165) is 0 Å². The molecule has 2 aromatic rings. The standard InChI is InChI=1S/C26H30O6/c1-3-15-22(18-11-7-5-8-12-18)20(28)26(32)23(16-4-2,19-13-9-6-10-14-19)24(30,17-27)21(29)25(22,26)31/h3-14,20-21,27-32H,1-2,15-17H2/t20?,21-,22?,23?,24-,25-,26-/m1/s1. The van der Waals surface area contributed by atoms with Crippen molar-refractivity contribution in [3.8, 4) is 0 Å². The molecule has 0 amide bonds. The van der Waals surface area contributed by atoms with Crippen molar-refractivity contribution in [2.75, 3.05) is 6.61 Å². The van der Waals surface area contributed by atoms with E-state index in [1.54, 1.807) is 60.7 Å². The van der Waals surface area contributed by atoms with E-state index in [0.29, 0.717) is 11.1 Å². The van der Waals surface area contributed by atoms with Crippen LogP contribution in [-0.2, 0) is 10.8 Å². The summed E-state index contributed by atoms with van der Waals surface area (Å²) in [4.78, 5) is 0. The average Bonchev–Trinajstić information content (AvgIpc) is 2.93. The first kappa shape index (κ1) is 22.9. The number of hydrogen-bond acceptors (Lipinski definition) is 6. The summed E-state index contributed by atoms with van der Waals surface area (Å²) in [6, 6.07) is 17.0. The summed E-state index contributed by atoms with van der Waals surface area (Å²) in [7, 11) is 0. The molecule has 0 spiro atoms. The van der Waals surface area contributed by atoms with E-state index in [1.807, 2.05) is 0 Å². The predicted molar refractivity (Wildman–Crippen MR) is 120 cm³/mol. The highest BCUT2D eigenvalue weighted by Crippen LogP contribution is 2.75. The maximum absolute atomic E-state index is 12.2. The highest BCUT2D eigenvalue weighted by Gasteiger charge is 2.96. The third-order valence-corrected chi connectivity index (χ3v) is 8.07. The molecule has 32 heavy (non-hydrogen) atoms. The van der Waals surface area contributed by atoms with Gasteiger partial charge in [0.2, 0.25) is 0 Å². The minimum atomic E-state index is -2.43. The minimum absolute atomic E-state index is 0.00845. The fourth-order valence-corrected chi connectivity index (χ4v) is 6.76. The van der Waals surface area contributed by atoms with Crippen LogP contribution < -0.4 is 0 Å². The van der Waals surface area contributed by atoms with Crippen molar-refractivity contribution >= 4 is 0 Å². The second-order valence-electron chi connectivity index (χ2n) is 9.01. The lowest BCUT2D eigenvalue weighted by Gasteiger charge is -2.70. The Morgan fingerprint density at radius 3 is 1.69 bits per heavy atom. The van der Waals surface area contributed by atoms with Crippen molar-refractivity contribution in [2.45, 2.75) is 52.7 Å². The molecule has 2 aliphatic carbocycles. The second-order valence-corrected chi connectivity index (χ2v) is 9.01. The zero-order valence-electron chi connectivity index (χ0n) is 17.8. The molecule has 0 radical (unpaired) electrons. The molecule has 3 unspecified atom stereocenters. The summed E-state index contributed by atoms with van der Waals surface area (Å²) in [5, 5.41) is 69.9. The molecule has 0 saturated heterocycles. The van der Waals surface area contributed by atoms with E-state index in [1.165, 1.54) is 12.2 Å². The van der Waals surface area contributed by atoms with Crippen molar-refractivity contribution in [3.63, 3.8) is 0 Å². The van der Waals surface area contributed by atoms with Crippen LogP contribution in [0.1, 0.15) is 24.0 Å². The Hall–Kier alpha value is -2.32. The molecule has 4 rings (SSSR count). The Morgan fingerprint density at radius 2 is 1.22 bits per heavy atom. The Labute approximate surface area is 187 Å². The zero-order chi connectivity index (χ0) is 23.4. The fourth-order valence-electron chi connectivity index (χ4n) is 6.76. The molecule has 2 aromatic carbocycles. The molecule has 6 heteroatoms. The third kappa shape index (κ3) is 2.11. The molecule has 2 saturated carbocycles. The van der Waals surface area contributed by atoms with Gasteiger partial charge in [-0.1, -0.05) is 72.8 Å². The number of allylic oxidation sites excluding steroid dienone is 2. The van der Waals surface area contributed by atoms with Crippen LogP contribution in [0.3, 0.4) is 0 Å². The lowest BCUT2D eigenvalue weighted by atomic mass is 9.38. The predicted octanol–water partition coefficient (Wildman–Crippen LogP) is 0.949. The van der Waals surface area contributed by atoms with Gasteiger partial charge in [0.25, 0.3) is 0 Å². The summed E-state index contributed by atoms with van der Waals surface area (Å²) >= 11 is 0. The average molecular weight is 439 g/mol. The highest BCUT2D eigenvalue weighted by atomic mass is 16.4. The third-order valence-electron chi connectivity index (χ3n) is 8.07. The molecule has 0 heterocycles. The van der Waals surface area contributed by atoms with Gasteiger partial charge in [0.1, 0.15) is 22.9 Å².